The van der Waals surface area contributed by atoms with Crippen LogP contribution in [0.1, 0.15) is 206 Å². The fourth-order valence-corrected chi connectivity index (χ4v) is 6.01. The first-order valence-electron chi connectivity index (χ1n) is 19.5. The minimum atomic E-state index is -1.08. The molecular formula is C39H77NO4. The molecule has 5 nitrogen and oxygen atoms in total. The zero-order chi connectivity index (χ0) is 32.4. The molecule has 0 aliphatic rings. The largest absolute Gasteiger partial charge is 0.394 e. The summed E-state index contributed by atoms with van der Waals surface area (Å²) in [6.45, 7) is 4.19. The number of amides is 1. The first-order chi connectivity index (χ1) is 21.6. The molecule has 4 N–H and O–H groups in total. The van der Waals surface area contributed by atoms with E-state index in [4.69, 9.17) is 0 Å². The van der Waals surface area contributed by atoms with Gasteiger partial charge >= 0.3 is 0 Å². The van der Waals surface area contributed by atoms with Gasteiger partial charge in [0.15, 0.2) is 0 Å². The highest BCUT2D eigenvalue weighted by molar-refractivity contribution is 5.80. The third-order valence-electron chi connectivity index (χ3n) is 9.13. The number of allylic oxidation sites excluding steroid dienone is 2. The summed E-state index contributed by atoms with van der Waals surface area (Å²) in [7, 11) is 0. The number of carbonyl (C=O) groups excluding carboxylic acids is 1. The van der Waals surface area contributed by atoms with Crippen molar-refractivity contribution in [2.45, 2.75) is 225 Å². The fourth-order valence-electron chi connectivity index (χ4n) is 6.01. The summed E-state index contributed by atoms with van der Waals surface area (Å²) in [5.41, 5.74) is 0. The van der Waals surface area contributed by atoms with Crippen molar-refractivity contribution < 1.29 is 20.1 Å². The van der Waals surface area contributed by atoms with Gasteiger partial charge in [-0.25, -0.2) is 0 Å². The van der Waals surface area contributed by atoms with E-state index in [1.54, 1.807) is 0 Å². The molecule has 0 saturated heterocycles. The smallest absolute Gasteiger partial charge is 0.249 e. The summed E-state index contributed by atoms with van der Waals surface area (Å²) in [6, 6.07) is -0.711. The zero-order valence-corrected chi connectivity index (χ0v) is 29.6. The maximum atomic E-state index is 12.4. The van der Waals surface area contributed by atoms with Gasteiger partial charge in [-0.2, -0.15) is 0 Å². The predicted octanol–water partition coefficient (Wildman–Crippen LogP) is 10.5. The van der Waals surface area contributed by atoms with Crippen LogP contribution in [0.3, 0.4) is 0 Å². The second-order valence-corrected chi connectivity index (χ2v) is 13.5. The standard InChI is InChI=1S/C39H77NO4/c1-3-5-7-9-11-13-15-16-17-18-19-20-21-22-24-25-27-29-31-33-37(42)36(35-41)40-39(44)38(43)34-32-30-28-26-23-14-12-10-8-6-4-2/h12,14,36-38,41-43H,3-11,13,15-35H2,1-2H3,(H,40,44)/b14-12-. The van der Waals surface area contributed by atoms with Gasteiger partial charge in [-0.05, 0) is 38.5 Å². The molecule has 0 aliphatic carbocycles. The molecule has 0 saturated carbocycles. The number of hydrogen-bond donors (Lipinski definition) is 4. The van der Waals surface area contributed by atoms with Gasteiger partial charge in [0.05, 0.1) is 18.8 Å². The van der Waals surface area contributed by atoms with E-state index in [2.05, 4.69) is 31.3 Å². The molecule has 0 spiro atoms. The summed E-state index contributed by atoms with van der Waals surface area (Å²) < 4.78 is 0. The monoisotopic (exact) mass is 624 g/mol. The normalized spacial score (nSPS) is 13.8. The third kappa shape index (κ3) is 29.8. The summed E-state index contributed by atoms with van der Waals surface area (Å²) in [4.78, 5) is 12.4. The number of aliphatic hydroxyl groups is 3. The molecule has 5 heteroatoms. The summed E-state index contributed by atoms with van der Waals surface area (Å²) >= 11 is 0. The average molecular weight is 624 g/mol. The van der Waals surface area contributed by atoms with Gasteiger partial charge in [-0.3, -0.25) is 4.79 Å². The van der Waals surface area contributed by atoms with Crippen LogP contribution in [0.15, 0.2) is 12.2 Å². The SMILES string of the molecule is CCCCC/C=C\CCCCCCC(O)C(=O)NC(CO)C(O)CCCCCCCCCCCCCCCCCCCCC. The van der Waals surface area contributed by atoms with Gasteiger partial charge in [-0.1, -0.05) is 180 Å². The van der Waals surface area contributed by atoms with Crippen LogP contribution in [0.25, 0.3) is 0 Å². The highest BCUT2D eigenvalue weighted by Gasteiger charge is 2.23. The number of rotatable bonds is 35. The third-order valence-corrected chi connectivity index (χ3v) is 9.13. The minimum Gasteiger partial charge on any atom is -0.394 e. The number of unbranched alkanes of at least 4 members (excludes halogenated alkanes) is 25. The van der Waals surface area contributed by atoms with Gasteiger partial charge in [0.25, 0.3) is 0 Å². The molecule has 0 heterocycles. The van der Waals surface area contributed by atoms with Gasteiger partial charge in [-0.15, -0.1) is 0 Å². The van der Waals surface area contributed by atoms with Gasteiger partial charge < -0.3 is 20.6 Å². The Hall–Kier alpha value is -0.910. The number of carbonyl (C=O) groups is 1. The second-order valence-electron chi connectivity index (χ2n) is 13.5. The van der Waals surface area contributed by atoms with Crippen molar-refractivity contribution in [3.63, 3.8) is 0 Å². The molecule has 0 aromatic carbocycles. The fraction of sp³-hybridized carbons (Fsp3) is 0.923. The van der Waals surface area contributed by atoms with Crippen LogP contribution >= 0.6 is 0 Å². The van der Waals surface area contributed by atoms with Crippen LogP contribution in [-0.4, -0.2) is 46.1 Å². The maximum absolute atomic E-state index is 12.4. The molecule has 0 rings (SSSR count). The average Bonchev–Trinajstić information content (AvgIpc) is 3.03. The molecule has 1 amide bonds. The molecular weight excluding hydrogens is 546 g/mol. The lowest BCUT2D eigenvalue weighted by atomic mass is 10.0. The van der Waals surface area contributed by atoms with Crippen molar-refractivity contribution in [3.05, 3.63) is 12.2 Å². The van der Waals surface area contributed by atoms with E-state index in [-0.39, 0.29) is 6.61 Å². The lowest BCUT2D eigenvalue weighted by molar-refractivity contribution is -0.131. The summed E-state index contributed by atoms with van der Waals surface area (Å²) in [6.07, 6.45) is 39.2. The number of aliphatic hydroxyl groups excluding tert-OH is 3. The van der Waals surface area contributed by atoms with Crippen molar-refractivity contribution in [3.8, 4) is 0 Å². The Kier molecular flexibility index (Phi) is 34.2. The van der Waals surface area contributed by atoms with Crippen molar-refractivity contribution in [1.82, 2.24) is 5.32 Å². The van der Waals surface area contributed by atoms with Crippen molar-refractivity contribution in [2.24, 2.45) is 0 Å². The minimum absolute atomic E-state index is 0.315. The van der Waals surface area contributed by atoms with E-state index < -0.39 is 24.2 Å². The topological polar surface area (TPSA) is 89.8 Å². The molecule has 0 aliphatic heterocycles. The molecule has 3 atom stereocenters. The van der Waals surface area contributed by atoms with Gasteiger partial charge in [0.1, 0.15) is 6.10 Å². The van der Waals surface area contributed by atoms with E-state index in [1.165, 1.54) is 135 Å². The Labute approximate surface area is 274 Å². The predicted molar refractivity (Wildman–Crippen MR) is 190 cm³/mol. The second kappa shape index (κ2) is 35.0. The molecule has 0 aromatic rings. The molecule has 3 unspecified atom stereocenters. The lowest BCUT2D eigenvalue weighted by Gasteiger charge is -2.23. The zero-order valence-electron chi connectivity index (χ0n) is 29.6. The van der Waals surface area contributed by atoms with Crippen molar-refractivity contribution in [1.29, 1.82) is 0 Å². The molecule has 0 aromatic heterocycles. The van der Waals surface area contributed by atoms with Gasteiger partial charge in [0, 0.05) is 0 Å². The number of hydrogen-bond acceptors (Lipinski definition) is 4. The molecule has 0 fully saturated rings. The van der Waals surface area contributed by atoms with Crippen LogP contribution in [0.5, 0.6) is 0 Å². The van der Waals surface area contributed by atoms with Crippen LogP contribution < -0.4 is 5.32 Å². The number of nitrogens with one attached hydrogen (secondary N) is 1. The van der Waals surface area contributed by atoms with Crippen LogP contribution in [0, 0.1) is 0 Å². The van der Waals surface area contributed by atoms with Crippen LogP contribution in [0.4, 0.5) is 0 Å². The maximum Gasteiger partial charge on any atom is 0.249 e. The first-order valence-corrected chi connectivity index (χ1v) is 19.5. The Balaban J connectivity index is 3.63. The van der Waals surface area contributed by atoms with Gasteiger partial charge in [0.2, 0.25) is 5.91 Å². The van der Waals surface area contributed by atoms with Crippen LogP contribution in [0.2, 0.25) is 0 Å². The van der Waals surface area contributed by atoms with E-state index in [1.807, 2.05) is 0 Å². The summed E-state index contributed by atoms with van der Waals surface area (Å²) in [5.74, 6) is -0.480. The van der Waals surface area contributed by atoms with E-state index in [0.29, 0.717) is 12.8 Å². The Morgan fingerprint density at radius 3 is 1.30 bits per heavy atom. The van der Waals surface area contributed by atoms with Crippen LogP contribution in [-0.2, 0) is 4.79 Å². The highest BCUT2D eigenvalue weighted by Crippen LogP contribution is 2.16. The Morgan fingerprint density at radius 2 is 0.864 bits per heavy atom. The van der Waals surface area contributed by atoms with E-state index in [9.17, 15) is 20.1 Å². The molecule has 262 valence electrons. The van der Waals surface area contributed by atoms with E-state index in [0.717, 1.165) is 44.9 Å². The Bertz CT molecular complexity index is 611. The van der Waals surface area contributed by atoms with Crippen molar-refractivity contribution in [2.75, 3.05) is 6.61 Å². The quantitative estimate of drug-likeness (QED) is 0.0418. The first kappa shape index (κ1) is 43.1. The Morgan fingerprint density at radius 1 is 0.523 bits per heavy atom. The molecule has 0 bridgehead atoms. The molecule has 0 radical (unpaired) electrons. The summed E-state index contributed by atoms with van der Waals surface area (Å²) in [5, 5.41) is 33.1. The van der Waals surface area contributed by atoms with E-state index >= 15 is 0 Å². The lowest BCUT2D eigenvalue weighted by Crippen LogP contribution is -2.49. The molecule has 44 heavy (non-hydrogen) atoms. The highest BCUT2D eigenvalue weighted by atomic mass is 16.3. The van der Waals surface area contributed by atoms with Crippen molar-refractivity contribution >= 4 is 5.91 Å².